The van der Waals surface area contributed by atoms with Crippen LogP contribution in [-0.4, -0.2) is 55.5 Å². The molecule has 0 aliphatic rings. The monoisotopic (exact) mass is 248 g/mol. The molecule has 0 heterocycles. The van der Waals surface area contributed by atoms with Crippen LogP contribution in [0.25, 0.3) is 0 Å². The number of methoxy groups -OCH3 is 1. The fourth-order valence-electron chi connectivity index (χ4n) is 0.965. The van der Waals surface area contributed by atoms with Crippen LogP contribution in [0.1, 0.15) is 12.8 Å². The number of nitrogens with two attached hydrogens (primary N) is 1. The second kappa shape index (κ2) is 8.41. The SMILES string of the molecule is COC(=O)C(N)CCSCCC(=O)N(C)C. The molecule has 0 rings (SSSR count). The van der Waals surface area contributed by atoms with Gasteiger partial charge in [0.05, 0.1) is 7.11 Å². The number of ether oxygens (including phenoxy) is 1. The molecular weight excluding hydrogens is 228 g/mol. The minimum Gasteiger partial charge on any atom is -0.468 e. The van der Waals surface area contributed by atoms with E-state index in [-0.39, 0.29) is 11.9 Å². The van der Waals surface area contributed by atoms with Gasteiger partial charge in [-0.2, -0.15) is 11.8 Å². The van der Waals surface area contributed by atoms with E-state index in [1.807, 2.05) is 0 Å². The molecule has 0 aromatic heterocycles. The van der Waals surface area contributed by atoms with E-state index in [0.717, 1.165) is 11.5 Å². The van der Waals surface area contributed by atoms with Crippen molar-refractivity contribution in [2.45, 2.75) is 18.9 Å². The van der Waals surface area contributed by atoms with Crippen LogP contribution in [0, 0.1) is 0 Å². The molecule has 0 saturated heterocycles. The second-order valence-corrected chi connectivity index (χ2v) is 4.79. The summed E-state index contributed by atoms with van der Waals surface area (Å²) in [4.78, 5) is 23.7. The maximum absolute atomic E-state index is 11.2. The van der Waals surface area contributed by atoms with Gasteiger partial charge < -0.3 is 15.4 Å². The van der Waals surface area contributed by atoms with Crippen molar-refractivity contribution in [2.24, 2.45) is 5.73 Å². The number of carbonyl (C=O) groups excluding carboxylic acids is 2. The predicted molar refractivity (Wildman–Crippen MR) is 65.2 cm³/mol. The number of thioether (sulfide) groups is 1. The number of carbonyl (C=O) groups is 2. The first kappa shape index (κ1) is 15.2. The van der Waals surface area contributed by atoms with E-state index in [9.17, 15) is 9.59 Å². The molecule has 0 fully saturated rings. The molecule has 0 aromatic carbocycles. The highest BCUT2D eigenvalue weighted by Crippen LogP contribution is 2.07. The third-order valence-electron chi connectivity index (χ3n) is 2.04. The van der Waals surface area contributed by atoms with Gasteiger partial charge in [0.15, 0.2) is 0 Å². The molecule has 1 unspecified atom stereocenters. The molecule has 0 aromatic rings. The summed E-state index contributed by atoms with van der Waals surface area (Å²) < 4.78 is 4.50. The molecule has 0 aliphatic heterocycles. The average molecular weight is 248 g/mol. The minimum atomic E-state index is -0.554. The zero-order chi connectivity index (χ0) is 12.6. The van der Waals surface area contributed by atoms with E-state index < -0.39 is 6.04 Å². The number of hydrogen-bond donors (Lipinski definition) is 1. The second-order valence-electron chi connectivity index (χ2n) is 3.57. The lowest BCUT2D eigenvalue weighted by molar-refractivity contribution is -0.142. The maximum atomic E-state index is 11.2. The lowest BCUT2D eigenvalue weighted by atomic mass is 10.2. The van der Waals surface area contributed by atoms with E-state index in [2.05, 4.69) is 4.74 Å². The Kier molecular flexibility index (Phi) is 8.01. The van der Waals surface area contributed by atoms with Crippen LogP contribution in [0.5, 0.6) is 0 Å². The van der Waals surface area contributed by atoms with Crippen LogP contribution in [0.3, 0.4) is 0 Å². The average Bonchev–Trinajstić information content (AvgIpc) is 2.26. The van der Waals surface area contributed by atoms with Crippen molar-refractivity contribution in [1.82, 2.24) is 4.90 Å². The third kappa shape index (κ3) is 6.68. The topological polar surface area (TPSA) is 72.6 Å². The fourth-order valence-corrected chi connectivity index (χ4v) is 1.91. The smallest absolute Gasteiger partial charge is 0.322 e. The van der Waals surface area contributed by atoms with E-state index in [0.29, 0.717) is 12.8 Å². The normalized spacial score (nSPS) is 12.0. The number of esters is 1. The van der Waals surface area contributed by atoms with Crippen LogP contribution >= 0.6 is 11.8 Å². The molecule has 0 radical (unpaired) electrons. The van der Waals surface area contributed by atoms with Crippen molar-refractivity contribution in [1.29, 1.82) is 0 Å². The largest absolute Gasteiger partial charge is 0.468 e. The van der Waals surface area contributed by atoms with Gasteiger partial charge in [-0.05, 0) is 12.2 Å². The van der Waals surface area contributed by atoms with Crippen molar-refractivity contribution >= 4 is 23.6 Å². The number of amides is 1. The van der Waals surface area contributed by atoms with Gasteiger partial charge in [0.1, 0.15) is 6.04 Å². The van der Waals surface area contributed by atoms with Crippen molar-refractivity contribution in [3.63, 3.8) is 0 Å². The van der Waals surface area contributed by atoms with E-state index in [1.54, 1.807) is 30.8 Å². The Morgan fingerprint density at radius 2 is 2.00 bits per heavy atom. The van der Waals surface area contributed by atoms with Crippen molar-refractivity contribution in [3.05, 3.63) is 0 Å². The molecule has 16 heavy (non-hydrogen) atoms. The highest BCUT2D eigenvalue weighted by atomic mass is 32.2. The van der Waals surface area contributed by atoms with Crippen LogP contribution in [0.15, 0.2) is 0 Å². The Labute approximate surface area is 101 Å². The van der Waals surface area contributed by atoms with Gasteiger partial charge >= 0.3 is 5.97 Å². The molecule has 0 saturated carbocycles. The molecule has 0 bridgehead atoms. The summed E-state index contributed by atoms with van der Waals surface area (Å²) in [5.74, 6) is 1.25. The summed E-state index contributed by atoms with van der Waals surface area (Å²) in [6.07, 6.45) is 1.10. The molecule has 1 atom stereocenters. The molecule has 1 amide bonds. The molecule has 0 aliphatic carbocycles. The predicted octanol–water partition coefficient (Wildman–Crippen LogP) is 0.0883. The standard InChI is InChI=1S/C10H20N2O3S/c1-12(2)9(13)5-7-16-6-4-8(11)10(14)15-3/h8H,4-7,11H2,1-3H3. The Morgan fingerprint density at radius 1 is 1.38 bits per heavy atom. The lowest BCUT2D eigenvalue weighted by Gasteiger charge is -2.10. The van der Waals surface area contributed by atoms with Gasteiger partial charge in [-0.1, -0.05) is 0 Å². The Bertz CT molecular complexity index is 234. The first-order chi connectivity index (χ1) is 7.49. The quantitative estimate of drug-likeness (QED) is 0.510. The summed E-state index contributed by atoms with van der Waals surface area (Å²) in [5, 5.41) is 0. The highest BCUT2D eigenvalue weighted by molar-refractivity contribution is 7.99. The first-order valence-corrected chi connectivity index (χ1v) is 6.25. The van der Waals surface area contributed by atoms with Gasteiger partial charge in [-0.15, -0.1) is 0 Å². The van der Waals surface area contributed by atoms with Gasteiger partial charge in [-0.25, -0.2) is 0 Å². The summed E-state index contributed by atoms with van der Waals surface area (Å²) in [6, 6.07) is -0.554. The molecule has 2 N–H and O–H groups in total. The summed E-state index contributed by atoms with van der Waals surface area (Å²) in [5.41, 5.74) is 5.55. The number of hydrogen-bond acceptors (Lipinski definition) is 5. The van der Waals surface area contributed by atoms with E-state index in [1.165, 1.54) is 7.11 Å². The molecular formula is C10H20N2O3S. The fraction of sp³-hybridized carbons (Fsp3) is 0.800. The van der Waals surface area contributed by atoms with Crippen LogP contribution in [0.4, 0.5) is 0 Å². The number of rotatable bonds is 7. The molecule has 94 valence electrons. The zero-order valence-electron chi connectivity index (χ0n) is 10.1. The van der Waals surface area contributed by atoms with Gasteiger partial charge in [0.25, 0.3) is 0 Å². The third-order valence-corrected chi connectivity index (χ3v) is 3.05. The number of nitrogens with zero attached hydrogens (tertiary/aromatic N) is 1. The molecule has 0 spiro atoms. The van der Waals surface area contributed by atoms with Crippen LogP contribution in [-0.2, 0) is 14.3 Å². The Morgan fingerprint density at radius 3 is 2.50 bits per heavy atom. The minimum absolute atomic E-state index is 0.116. The maximum Gasteiger partial charge on any atom is 0.322 e. The van der Waals surface area contributed by atoms with Crippen molar-refractivity contribution < 1.29 is 14.3 Å². The van der Waals surface area contributed by atoms with E-state index >= 15 is 0 Å². The van der Waals surface area contributed by atoms with Crippen molar-refractivity contribution in [3.8, 4) is 0 Å². The van der Waals surface area contributed by atoms with E-state index in [4.69, 9.17) is 5.73 Å². The van der Waals surface area contributed by atoms with Crippen LogP contribution < -0.4 is 5.73 Å². The first-order valence-electron chi connectivity index (χ1n) is 5.10. The zero-order valence-corrected chi connectivity index (χ0v) is 10.9. The lowest BCUT2D eigenvalue weighted by Crippen LogP contribution is -2.32. The molecule has 5 nitrogen and oxygen atoms in total. The van der Waals surface area contributed by atoms with Gasteiger partial charge in [0, 0.05) is 26.3 Å². The summed E-state index contributed by atoms with van der Waals surface area (Å²) in [7, 11) is 4.80. The Hall–Kier alpha value is -0.750. The molecule has 6 heteroatoms. The van der Waals surface area contributed by atoms with Crippen LogP contribution in [0.2, 0.25) is 0 Å². The van der Waals surface area contributed by atoms with Gasteiger partial charge in [0.2, 0.25) is 5.91 Å². The Balaban J connectivity index is 3.47. The van der Waals surface area contributed by atoms with Gasteiger partial charge in [-0.3, -0.25) is 9.59 Å². The summed E-state index contributed by atoms with van der Waals surface area (Å²) >= 11 is 1.62. The van der Waals surface area contributed by atoms with Crippen molar-refractivity contribution in [2.75, 3.05) is 32.7 Å². The summed E-state index contributed by atoms with van der Waals surface area (Å²) in [6.45, 7) is 0. The highest BCUT2D eigenvalue weighted by Gasteiger charge is 2.12.